The summed E-state index contributed by atoms with van der Waals surface area (Å²) < 4.78 is 0. The van der Waals surface area contributed by atoms with Gasteiger partial charge in [-0.2, -0.15) is 0 Å². The van der Waals surface area contributed by atoms with Gasteiger partial charge in [0.15, 0.2) is 5.78 Å². The molecule has 1 N–H and O–H groups in total. The zero-order valence-corrected chi connectivity index (χ0v) is 26.4. The van der Waals surface area contributed by atoms with Gasteiger partial charge in [0, 0.05) is 38.0 Å². The molecule has 0 aromatic rings. The van der Waals surface area contributed by atoms with Gasteiger partial charge in [-0.05, 0) is 111 Å². The van der Waals surface area contributed by atoms with Crippen LogP contribution in [0.25, 0.3) is 0 Å². The maximum absolute atomic E-state index is 13.2. The Hall–Kier alpha value is -1.69. The van der Waals surface area contributed by atoms with E-state index in [1.165, 1.54) is 31.3 Å². The standard InChI is InChI=1S/C34H55N3O3/c1-22(2)20-37(17-14-25-19-32(4,5)21-35-25)31(39)40-36-23(3)28-10-11-29-27-9-8-24-18-26(38)12-15-33(24,6)30(27)13-16-34(28,29)7/h18,22,25,27-30,35H,8-17,19-21H2,1-7H3/b36-23+/t25?,27-,28+,29-,30-,33-,34+/m0/s1. The second kappa shape index (κ2) is 11.2. The first-order valence-electron chi connectivity index (χ1n) is 16.3. The van der Waals surface area contributed by atoms with Gasteiger partial charge in [0.2, 0.25) is 0 Å². The summed E-state index contributed by atoms with van der Waals surface area (Å²) in [6, 6.07) is 0.455. The van der Waals surface area contributed by atoms with E-state index in [0.717, 1.165) is 50.3 Å². The van der Waals surface area contributed by atoms with E-state index in [-0.39, 0.29) is 16.9 Å². The lowest BCUT2D eigenvalue weighted by atomic mass is 9.46. The average molecular weight is 554 g/mol. The molecule has 1 amide bonds. The van der Waals surface area contributed by atoms with Crippen LogP contribution in [0.15, 0.2) is 16.8 Å². The molecule has 0 bridgehead atoms. The fourth-order valence-electron chi connectivity index (χ4n) is 9.92. The van der Waals surface area contributed by atoms with Crippen molar-refractivity contribution in [1.29, 1.82) is 0 Å². The minimum Gasteiger partial charge on any atom is -0.313 e. The van der Waals surface area contributed by atoms with Crippen molar-refractivity contribution in [3.05, 3.63) is 11.6 Å². The largest absolute Gasteiger partial charge is 0.435 e. The molecule has 0 aromatic heterocycles. The molecule has 3 saturated carbocycles. The maximum atomic E-state index is 13.2. The van der Waals surface area contributed by atoms with Crippen LogP contribution in [-0.2, 0) is 9.63 Å². The minimum atomic E-state index is -0.305. The van der Waals surface area contributed by atoms with Crippen LogP contribution in [0.1, 0.15) is 113 Å². The molecule has 40 heavy (non-hydrogen) atoms. The number of amides is 1. The number of nitrogens with one attached hydrogen (secondary N) is 1. The Labute approximate surface area is 243 Å². The first kappa shape index (κ1) is 29.8. The second-order valence-corrected chi connectivity index (χ2v) is 15.8. The van der Waals surface area contributed by atoms with Crippen LogP contribution in [0.3, 0.4) is 0 Å². The van der Waals surface area contributed by atoms with Crippen molar-refractivity contribution in [2.24, 2.45) is 51.0 Å². The van der Waals surface area contributed by atoms with E-state index < -0.39 is 0 Å². The van der Waals surface area contributed by atoms with E-state index >= 15 is 0 Å². The number of allylic oxidation sites excluding steroid dienone is 1. The van der Waals surface area contributed by atoms with Gasteiger partial charge in [0.25, 0.3) is 0 Å². The average Bonchev–Trinajstić information content (AvgIpc) is 3.43. The van der Waals surface area contributed by atoms with E-state index in [1.807, 2.05) is 11.0 Å². The number of rotatable bonds is 7. The van der Waals surface area contributed by atoms with Gasteiger partial charge in [-0.25, -0.2) is 4.79 Å². The third-order valence-corrected chi connectivity index (χ3v) is 12.0. The number of hydrogen-bond donors (Lipinski definition) is 1. The highest BCUT2D eigenvalue weighted by Crippen LogP contribution is 2.66. The van der Waals surface area contributed by atoms with Gasteiger partial charge in [0.1, 0.15) is 0 Å². The van der Waals surface area contributed by atoms with Crippen molar-refractivity contribution >= 4 is 17.6 Å². The smallest absolute Gasteiger partial charge is 0.313 e. The van der Waals surface area contributed by atoms with Gasteiger partial charge in [-0.1, -0.05) is 52.3 Å². The Bertz CT molecular complexity index is 1050. The van der Waals surface area contributed by atoms with Crippen LogP contribution in [-0.4, -0.2) is 48.2 Å². The Balaban J connectivity index is 1.22. The van der Waals surface area contributed by atoms with Crippen molar-refractivity contribution in [1.82, 2.24) is 10.2 Å². The van der Waals surface area contributed by atoms with E-state index in [0.29, 0.717) is 60.4 Å². The lowest BCUT2D eigenvalue weighted by Gasteiger charge is -2.58. The number of fused-ring (bicyclic) bond motifs is 5. The molecule has 1 unspecified atom stereocenters. The van der Waals surface area contributed by atoms with Gasteiger partial charge in [-0.15, -0.1) is 0 Å². The summed E-state index contributed by atoms with van der Waals surface area (Å²) in [5.74, 6) is 3.19. The van der Waals surface area contributed by atoms with E-state index in [9.17, 15) is 9.59 Å². The number of hydrogen-bond acceptors (Lipinski definition) is 5. The summed E-state index contributed by atoms with van der Waals surface area (Å²) in [4.78, 5) is 32.9. The lowest BCUT2D eigenvalue weighted by Crippen LogP contribution is -2.51. The lowest BCUT2D eigenvalue weighted by molar-refractivity contribution is -0.117. The zero-order valence-electron chi connectivity index (χ0n) is 26.4. The summed E-state index contributed by atoms with van der Waals surface area (Å²) in [7, 11) is 0. The van der Waals surface area contributed by atoms with Gasteiger partial charge < -0.3 is 10.2 Å². The molecule has 1 aliphatic heterocycles. The first-order chi connectivity index (χ1) is 18.8. The fraction of sp³-hybridized carbons (Fsp3) is 0.853. The molecule has 5 rings (SSSR count). The normalized spacial score (nSPS) is 38.9. The van der Waals surface area contributed by atoms with Crippen LogP contribution in [0, 0.1) is 45.8 Å². The van der Waals surface area contributed by atoms with Gasteiger partial charge in [-0.3, -0.25) is 9.63 Å². The van der Waals surface area contributed by atoms with Crippen molar-refractivity contribution in [3.63, 3.8) is 0 Å². The van der Waals surface area contributed by atoms with Crippen LogP contribution in [0.5, 0.6) is 0 Å². The van der Waals surface area contributed by atoms with Gasteiger partial charge in [0.05, 0.1) is 5.71 Å². The SMILES string of the molecule is C/C(=N\OC(=O)N(CCC1CC(C)(C)CN1)CC(C)C)[C@H]1CC[C@H]2[C@@H]3CCC4=CC(=O)CC[C@]4(C)[C@H]3CC[C@]12C. The maximum Gasteiger partial charge on any atom is 0.435 e. The monoisotopic (exact) mass is 553 g/mol. The predicted octanol–water partition coefficient (Wildman–Crippen LogP) is 7.38. The molecule has 4 aliphatic carbocycles. The molecule has 0 spiro atoms. The number of nitrogens with zero attached hydrogens (tertiary/aromatic N) is 2. The third kappa shape index (κ3) is 5.68. The van der Waals surface area contributed by atoms with Crippen molar-refractivity contribution in [2.75, 3.05) is 19.6 Å². The van der Waals surface area contributed by atoms with Crippen molar-refractivity contribution in [3.8, 4) is 0 Å². The van der Waals surface area contributed by atoms with Crippen LogP contribution < -0.4 is 5.32 Å². The number of oxime groups is 1. The molecular formula is C34H55N3O3. The minimum absolute atomic E-state index is 0.207. The van der Waals surface area contributed by atoms with Crippen LogP contribution in [0.2, 0.25) is 0 Å². The quantitative estimate of drug-likeness (QED) is 0.203. The third-order valence-electron chi connectivity index (χ3n) is 12.0. The highest BCUT2D eigenvalue weighted by molar-refractivity contribution is 5.91. The summed E-state index contributed by atoms with van der Waals surface area (Å²) in [5.41, 5.74) is 3.17. The summed E-state index contributed by atoms with van der Waals surface area (Å²) in [6.45, 7) is 18.4. The van der Waals surface area contributed by atoms with Crippen LogP contribution >= 0.6 is 0 Å². The molecular weight excluding hydrogens is 498 g/mol. The Morgan fingerprint density at radius 2 is 1.88 bits per heavy atom. The summed E-state index contributed by atoms with van der Waals surface area (Å²) in [6.07, 6.45) is 12.6. The van der Waals surface area contributed by atoms with Crippen LogP contribution in [0.4, 0.5) is 4.79 Å². The first-order valence-corrected chi connectivity index (χ1v) is 16.3. The second-order valence-electron chi connectivity index (χ2n) is 15.8. The molecule has 4 fully saturated rings. The molecule has 1 heterocycles. The summed E-state index contributed by atoms with van der Waals surface area (Å²) >= 11 is 0. The summed E-state index contributed by atoms with van der Waals surface area (Å²) in [5, 5.41) is 8.16. The zero-order chi connectivity index (χ0) is 28.9. The molecule has 224 valence electrons. The van der Waals surface area contributed by atoms with Gasteiger partial charge >= 0.3 is 6.09 Å². The molecule has 6 nitrogen and oxygen atoms in total. The van der Waals surface area contributed by atoms with Crippen molar-refractivity contribution in [2.45, 2.75) is 119 Å². The Morgan fingerprint density at radius 3 is 2.58 bits per heavy atom. The molecule has 1 saturated heterocycles. The fourth-order valence-corrected chi connectivity index (χ4v) is 9.92. The predicted molar refractivity (Wildman–Crippen MR) is 161 cm³/mol. The Kier molecular flexibility index (Phi) is 8.33. The van der Waals surface area contributed by atoms with E-state index in [4.69, 9.17) is 4.84 Å². The van der Waals surface area contributed by atoms with E-state index in [1.54, 1.807) is 0 Å². The molecule has 7 atom stereocenters. The topological polar surface area (TPSA) is 71.0 Å². The molecule has 0 aromatic carbocycles. The number of ketones is 1. The highest BCUT2D eigenvalue weighted by atomic mass is 16.7. The molecule has 6 heteroatoms. The molecule has 0 radical (unpaired) electrons. The van der Waals surface area contributed by atoms with Crippen molar-refractivity contribution < 1.29 is 14.4 Å². The Morgan fingerprint density at radius 1 is 1.10 bits per heavy atom. The highest BCUT2D eigenvalue weighted by Gasteiger charge is 2.59. The number of carbonyl (C=O) groups excluding carboxylic acids is 2. The molecule has 5 aliphatic rings. The van der Waals surface area contributed by atoms with E-state index in [2.05, 4.69) is 58.9 Å². The number of carbonyl (C=O) groups is 2.